The first-order valence-electron chi connectivity index (χ1n) is 7.12. The minimum atomic E-state index is -3.50. The molecule has 0 amide bonds. The second kappa shape index (κ2) is 5.54. The van der Waals surface area contributed by atoms with Crippen LogP contribution >= 0.6 is 0 Å². The van der Waals surface area contributed by atoms with Gasteiger partial charge in [0.2, 0.25) is 0 Å². The maximum atomic E-state index is 12.8. The highest BCUT2D eigenvalue weighted by atomic mass is 32.2. The summed E-state index contributed by atoms with van der Waals surface area (Å²) in [6, 6.07) is 9.10. The fourth-order valence-electron chi connectivity index (χ4n) is 3.02. The molecule has 1 unspecified atom stereocenters. The van der Waals surface area contributed by atoms with E-state index in [-0.39, 0.29) is 6.04 Å². The molecular weight excluding hydrogens is 288 g/mol. The Morgan fingerprint density at radius 3 is 2.57 bits per heavy atom. The highest BCUT2D eigenvalue weighted by Gasteiger charge is 2.40. The summed E-state index contributed by atoms with van der Waals surface area (Å²) in [5, 5.41) is 8.94. The number of rotatable bonds is 2. The van der Waals surface area contributed by atoms with Crippen molar-refractivity contribution in [2.45, 2.75) is 18.9 Å². The lowest BCUT2D eigenvalue weighted by Gasteiger charge is -2.38. The molecule has 7 heteroatoms. The zero-order valence-electron chi connectivity index (χ0n) is 11.7. The molecule has 1 atom stereocenters. The number of nitriles is 1. The number of hydrogen-bond donors (Lipinski definition) is 0. The van der Waals surface area contributed by atoms with Crippen molar-refractivity contribution in [3.8, 4) is 6.19 Å². The molecule has 1 aromatic carbocycles. The molecule has 0 bridgehead atoms. The van der Waals surface area contributed by atoms with Crippen LogP contribution in [0.1, 0.15) is 12.8 Å². The predicted molar refractivity (Wildman–Crippen MR) is 79.6 cm³/mol. The summed E-state index contributed by atoms with van der Waals surface area (Å²) in [4.78, 5) is 1.63. The topological polar surface area (TPSA) is 67.7 Å². The molecule has 0 spiro atoms. The molecule has 0 aromatic heterocycles. The SMILES string of the molecule is N#CN1CCC(N2CCCN(c3ccccc3)S2(=O)=O)C1. The van der Waals surface area contributed by atoms with Crippen LogP contribution in [-0.4, -0.2) is 49.8 Å². The second-order valence-electron chi connectivity index (χ2n) is 5.37. The first-order chi connectivity index (χ1) is 10.1. The third-order valence-corrected chi connectivity index (χ3v) is 6.09. The van der Waals surface area contributed by atoms with Crippen LogP contribution in [0.25, 0.3) is 0 Å². The average molecular weight is 306 g/mol. The molecular formula is C14H18N4O2S. The Bertz CT molecular complexity index is 641. The van der Waals surface area contributed by atoms with Crippen molar-refractivity contribution in [2.75, 3.05) is 30.5 Å². The molecule has 112 valence electrons. The Labute approximate surface area is 125 Å². The first kappa shape index (κ1) is 14.2. The Morgan fingerprint density at radius 1 is 1.14 bits per heavy atom. The van der Waals surface area contributed by atoms with Gasteiger partial charge in [0.25, 0.3) is 0 Å². The van der Waals surface area contributed by atoms with Crippen LogP contribution in [0.2, 0.25) is 0 Å². The van der Waals surface area contributed by atoms with E-state index in [0.717, 1.165) is 12.8 Å². The van der Waals surface area contributed by atoms with E-state index in [9.17, 15) is 8.42 Å². The smallest absolute Gasteiger partial charge is 0.304 e. The zero-order valence-corrected chi connectivity index (χ0v) is 12.5. The van der Waals surface area contributed by atoms with Gasteiger partial charge in [0.1, 0.15) is 0 Å². The van der Waals surface area contributed by atoms with E-state index in [1.165, 1.54) is 4.31 Å². The molecule has 0 aliphatic carbocycles. The molecule has 0 radical (unpaired) electrons. The van der Waals surface area contributed by atoms with Crippen LogP contribution in [-0.2, 0) is 10.2 Å². The number of likely N-dealkylation sites (tertiary alicyclic amines) is 1. The minimum absolute atomic E-state index is 0.0961. The maximum Gasteiger partial charge on any atom is 0.304 e. The Balaban J connectivity index is 1.85. The van der Waals surface area contributed by atoms with Gasteiger partial charge in [-0.15, -0.1) is 0 Å². The van der Waals surface area contributed by atoms with E-state index in [0.29, 0.717) is 31.9 Å². The van der Waals surface area contributed by atoms with Gasteiger partial charge in [-0.25, -0.2) is 0 Å². The molecule has 1 aromatic rings. The van der Waals surface area contributed by atoms with Crippen LogP contribution in [0.5, 0.6) is 0 Å². The molecule has 21 heavy (non-hydrogen) atoms. The molecule has 2 saturated heterocycles. The molecule has 2 fully saturated rings. The number of anilines is 1. The highest BCUT2D eigenvalue weighted by Crippen LogP contribution is 2.28. The normalized spacial score (nSPS) is 25.8. The fraction of sp³-hybridized carbons (Fsp3) is 0.500. The van der Waals surface area contributed by atoms with E-state index in [1.54, 1.807) is 9.21 Å². The van der Waals surface area contributed by atoms with Gasteiger partial charge in [-0.2, -0.15) is 18.0 Å². The van der Waals surface area contributed by atoms with Crippen molar-refractivity contribution >= 4 is 15.9 Å². The van der Waals surface area contributed by atoms with E-state index < -0.39 is 10.2 Å². The predicted octanol–water partition coefficient (Wildman–Crippen LogP) is 0.999. The van der Waals surface area contributed by atoms with Gasteiger partial charge in [0.05, 0.1) is 5.69 Å². The van der Waals surface area contributed by atoms with Gasteiger partial charge in [0, 0.05) is 32.2 Å². The summed E-state index contributed by atoms with van der Waals surface area (Å²) in [6.45, 7) is 2.18. The van der Waals surface area contributed by atoms with E-state index in [4.69, 9.17) is 5.26 Å². The van der Waals surface area contributed by atoms with Crippen LogP contribution in [0.3, 0.4) is 0 Å². The summed E-state index contributed by atoms with van der Waals surface area (Å²) in [7, 11) is -3.50. The van der Waals surface area contributed by atoms with Crippen molar-refractivity contribution < 1.29 is 8.42 Å². The summed E-state index contributed by atoms with van der Waals surface area (Å²) in [5.74, 6) is 0. The highest BCUT2D eigenvalue weighted by molar-refractivity contribution is 7.90. The lowest BCUT2D eigenvalue weighted by Crippen LogP contribution is -2.54. The van der Waals surface area contributed by atoms with Crippen molar-refractivity contribution in [3.05, 3.63) is 30.3 Å². The van der Waals surface area contributed by atoms with Gasteiger partial charge in [0.15, 0.2) is 6.19 Å². The molecule has 6 nitrogen and oxygen atoms in total. The lowest BCUT2D eigenvalue weighted by atomic mass is 10.2. The van der Waals surface area contributed by atoms with Crippen molar-refractivity contribution in [3.63, 3.8) is 0 Å². The van der Waals surface area contributed by atoms with Crippen LogP contribution in [0, 0.1) is 11.5 Å². The first-order valence-corrected chi connectivity index (χ1v) is 8.52. The second-order valence-corrected chi connectivity index (χ2v) is 7.17. The summed E-state index contributed by atoms with van der Waals surface area (Å²) >= 11 is 0. The largest absolute Gasteiger partial charge is 0.309 e. The average Bonchev–Trinajstić information content (AvgIpc) is 2.96. The van der Waals surface area contributed by atoms with Crippen molar-refractivity contribution in [1.29, 1.82) is 5.26 Å². The van der Waals surface area contributed by atoms with Crippen LogP contribution in [0.15, 0.2) is 30.3 Å². The Morgan fingerprint density at radius 2 is 1.90 bits per heavy atom. The van der Waals surface area contributed by atoms with Crippen molar-refractivity contribution in [2.24, 2.45) is 0 Å². The standard InChI is InChI=1S/C14H18N4O2S/c15-12-16-10-7-14(11-16)18-9-4-8-17(21(18,19)20)13-5-2-1-3-6-13/h1-3,5-6,14H,4,7-11H2. The molecule has 0 N–H and O–H groups in total. The van der Waals surface area contributed by atoms with E-state index in [1.807, 2.05) is 30.3 Å². The third-order valence-electron chi connectivity index (χ3n) is 4.07. The molecule has 0 saturated carbocycles. The van der Waals surface area contributed by atoms with Gasteiger partial charge in [-0.05, 0) is 25.0 Å². The fourth-order valence-corrected chi connectivity index (χ4v) is 4.93. The van der Waals surface area contributed by atoms with Gasteiger partial charge in [-0.1, -0.05) is 18.2 Å². The number of benzene rings is 1. The molecule has 2 heterocycles. The van der Waals surface area contributed by atoms with Gasteiger partial charge >= 0.3 is 10.2 Å². The summed E-state index contributed by atoms with van der Waals surface area (Å²) < 4.78 is 28.7. The summed E-state index contributed by atoms with van der Waals surface area (Å²) in [6.07, 6.45) is 3.62. The van der Waals surface area contributed by atoms with Crippen LogP contribution < -0.4 is 4.31 Å². The number of nitrogens with zero attached hydrogens (tertiary/aromatic N) is 4. The maximum absolute atomic E-state index is 12.8. The lowest BCUT2D eigenvalue weighted by molar-refractivity contribution is 0.305. The summed E-state index contributed by atoms with van der Waals surface area (Å²) in [5.41, 5.74) is 0.706. The monoisotopic (exact) mass is 306 g/mol. The van der Waals surface area contributed by atoms with Crippen LogP contribution in [0.4, 0.5) is 5.69 Å². The van der Waals surface area contributed by atoms with Gasteiger partial charge < -0.3 is 4.90 Å². The van der Waals surface area contributed by atoms with Gasteiger partial charge in [-0.3, -0.25) is 4.31 Å². The third kappa shape index (κ3) is 2.57. The van der Waals surface area contributed by atoms with E-state index in [2.05, 4.69) is 6.19 Å². The quantitative estimate of drug-likeness (QED) is 0.765. The zero-order chi connectivity index (χ0) is 14.9. The number of para-hydroxylation sites is 1. The Kier molecular flexibility index (Phi) is 3.74. The molecule has 2 aliphatic rings. The molecule has 3 rings (SSSR count). The number of hydrogen-bond acceptors (Lipinski definition) is 4. The Hall–Kier alpha value is -1.78. The van der Waals surface area contributed by atoms with E-state index >= 15 is 0 Å². The minimum Gasteiger partial charge on any atom is -0.309 e. The molecule has 2 aliphatic heterocycles. The van der Waals surface area contributed by atoms with Crippen molar-refractivity contribution in [1.82, 2.24) is 9.21 Å².